The van der Waals surface area contributed by atoms with Gasteiger partial charge in [-0.2, -0.15) is 0 Å². The molecule has 0 saturated carbocycles. The van der Waals surface area contributed by atoms with Gasteiger partial charge in [-0.15, -0.1) is 11.8 Å². The van der Waals surface area contributed by atoms with Crippen LogP contribution in [0.5, 0.6) is 17.2 Å². The van der Waals surface area contributed by atoms with Crippen molar-refractivity contribution in [3.8, 4) is 17.2 Å². The lowest BCUT2D eigenvalue weighted by Crippen LogP contribution is -2.32. The number of hydrogen-bond acceptors (Lipinski definition) is 6. The number of ether oxygens (including phenoxy) is 3. The van der Waals surface area contributed by atoms with Crippen molar-refractivity contribution in [2.75, 3.05) is 17.4 Å². The molecule has 3 aromatic rings. The van der Waals surface area contributed by atoms with Crippen LogP contribution < -0.4 is 24.8 Å². The second-order valence-electron chi connectivity index (χ2n) is 7.49. The molecule has 2 N–H and O–H groups in total. The summed E-state index contributed by atoms with van der Waals surface area (Å²) >= 11 is 7.34. The van der Waals surface area contributed by atoms with Crippen LogP contribution in [-0.4, -0.2) is 23.9 Å². The first-order valence-electron chi connectivity index (χ1n) is 10.2. The summed E-state index contributed by atoms with van der Waals surface area (Å²) in [7, 11) is 0. The number of nitrogens with one attached hydrogen (secondary N) is 2. The average Bonchev–Trinajstić information content (AvgIpc) is 3.26. The molecule has 5 rings (SSSR count). The Morgan fingerprint density at radius 3 is 2.91 bits per heavy atom. The maximum absolute atomic E-state index is 12.6. The van der Waals surface area contributed by atoms with Gasteiger partial charge in [-0.1, -0.05) is 23.7 Å². The third-order valence-corrected chi connectivity index (χ3v) is 6.60. The van der Waals surface area contributed by atoms with E-state index in [0.29, 0.717) is 40.3 Å². The van der Waals surface area contributed by atoms with Gasteiger partial charge in [0.25, 0.3) is 0 Å². The molecule has 168 valence electrons. The van der Waals surface area contributed by atoms with E-state index in [1.165, 1.54) is 11.8 Å². The molecule has 1 unspecified atom stereocenters. The van der Waals surface area contributed by atoms with Crippen molar-refractivity contribution in [3.05, 3.63) is 71.2 Å². The fourth-order valence-electron chi connectivity index (χ4n) is 3.51. The van der Waals surface area contributed by atoms with Crippen molar-refractivity contribution >= 4 is 46.6 Å². The summed E-state index contributed by atoms with van der Waals surface area (Å²) in [5.74, 6) is 1.56. The lowest BCUT2D eigenvalue weighted by Gasteiger charge is -2.23. The number of rotatable bonds is 6. The van der Waals surface area contributed by atoms with Gasteiger partial charge in [0.05, 0.1) is 10.9 Å². The van der Waals surface area contributed by atoms with E-state index >= 15 is 0 Å². The van der Waals surface area contributed by atoms with Crippen LogP contribution in [-0.2, 0) is 16.2 Å². The minimum atomic E-state index is -0.517. The van der Waals surface area contributed by atoms with E-state index in [0.717, 1.165) is 10.5 Å². The lowest BCUT2D eigenvalue weighted by atomic mass is 10.2. The highest BCUT2D eigenvalue weighted by Gasteiger charge is 2.29. The topological polar surface area (TPSA) is 85.9 Å². The predicted molar refractivity (Wildman–Crippen MR) is 126 cm³/mol. The minimum absolute atomic E-state index is 0.0521. The molecule has 0 bridgehead atoms. The standard InChI is InChI=1S/C24H19ClN2O5S/c25-15-4-7-21-18(9-15)27-24(29)22(33-21)11-23(28)26-16-3-1-2-14(8-16)12-30-17-5-6-19-20(10-17)32-13-31-19/h1-10,22H,11-13H2,(H,26,28)(H,27,29). The number of amides is 2. The molecule has 2 aliphatic rings. The largest absolute Gasteiger partial charge is 0.489 e. The van der Waals surface area contributed by atoms with Crippen molar-refractivity contribution in [2.45, 2.75) is 23.2 Å². The van der Waals surface area contributed by atoms with Crippen molar-refractivity contribution in [1.82, 2.24) is 0 Å². The number of carbonyl (C=O) groups is 2. The van der Waals surface area contributed by atoms with Crippen molar-refractivity contribution in [2.24, 2.45) is 0 Å². The zero-order valence-corrected chi connectivity index (χ0v) is 18.9. The van der Waals surface area contributed by atoms with E-state index in [4.69, 9.17) is 25.8 Å². The van der Waals surface area contributed by atoms with Gasteiger partial charge in [-0.05, 0) is 48.0 Å². The molecule has 0 aliphatic carbocycles. The van der Waals surface area contributed by atoms with Crippen LogP contribution in [0.1, 0.15) is 12.0 Å². The third kappa shape index (κ3) is 5.02. The number of benzene rings is 3. The molecule has 0 saturated heterocycles. The molecule has 0 aromatic heterocycles. The Morgan fingerprint density at radius 2 is 2.00 bits per heavy atom. The number of carbonyl (C=O) groups excluding carboxylic acids is 2. The Bertz CT molecular complexity index is 1240. The molecule has 3 aromatic carbocycles. The zero-order chi connectivity index (χ0) is 22.8. The Kier molecular flexibility index (Phi) is 6.02. The van der Waals surface area contributed by atoms with E-state index in [2.05, 4.69) is 10.6 Å². The van der Waals surface area contributed by atoms with E-state index in [1.54, 1.807) is 30.3 Å². The van der Waals surface area contributed by atoms with E-state index in [9.17, 15) is 9.59 Å². The summed E-state index contributed by atoms with van der Waals surface area (Å²) in [4.78, 5) is 25.9. The number of anilines is 2. The second kappa shape index (κ2) is 9.25. The fraction of sp³-hybridized carbons (Fsp3) is 0.167. The van der Waals surface area contributed by atoms with Crippen LogP contribution in [0.25, 0.3) is 0 Å². The molecule has 2 aliphatic heterocycles. The Balaban J connectivity index is 1.18. The van der Waals surface area contributed by atoms with Gasteiger partial charge in [0.1, 0.15) is 12.4 Å². The van der Waals surface area contributed by atoms with E-state index in [-0.39, 0.29) is 25.0 Å². The molecule has 0 spiro atoms. The maximum atomic E-state index is 12.6. The van der Waals surface area contributed by atoms with Crippen LogP contribution in [0, 0.1) is 0 Å². The van der Waals surface area contributed by atoms with Crippen LogP contribution in [0.2, 0.25) is 5.02 Å². The molecule has 7 nitrogen and oxygen atoms in total. The third-order valence-electron chi connectivity index (χ3n) is 5.09. The highest BCUT2D eigenvalue weighted by atomic mass is 35.5. The molecular formula is C24H19ClN2O5S. The molecule has 2 amide bonds. The molecule has 0 fully saturated rings. The highest BCUT2D eigenvalue weighted by Crippen LogP contribution is 2.38. The summed E-state index contributed by atoms with van der Waals surface area (Å²) in [5.41, 5.74) is 2.20. The quantitative estimate of drug-likeness (QED) is 0.509. The first-order valence-corrected chi connectivity index (χ1v) is 11.5. The summed E-state index contributed by atoms with van der Waals surface area (Å²) in [6.07, 6.45) is 0.0521. The average molecular weight is 483 g/mol. The maximum Gasteiger partial charge on any atom is 0.238 e. The Labute approximate surface area is 199 Å². The molecule has 33 heavy (non-hydrogen) atoms. The summed E-state index contributed by atoms with van der Waals surface area (Å²) in [5, 5.41) is 5.72. The zero-order valence-electron chi connectivity index (χ0n) is 17.3. The first-order chi connectivity index (χ1) is 16.0. The van der Waals surface area contributed by atoms with Crippen LogP contribution in [0.4, 0.5) is 11.4 Å². The fourth-order valence-corrected chi connectivity index (χ4v) is 4.77. The Hall–Kier alpha value is -3.36. The Morgan fingerprint density at radius 1 is 1.12 bits per heavy atom. The van der Waals surface area contributed by atoms with Crippen molar-refractivity contribution in [1.29, 1.82) is 0 Å². The van der Waals surface area contributed by atoms with Gasteiger partial charge in [0.15, 0.2) is 11.5 Å². The monoisotopic (exact) mass is 482 g/mol. The summed E-state index contributed by atoms with van der Waals surface area (Å²) < 4.78 is 16.5. The summed E-state index contributed by atoms with van der Waals surface area (Å²) in [6.45, 7) is 0.534. The number of hydrogen-bond donors (Lipinski definition) is 2. The smallest absolute Gasteiger partial charge is 0.238 e. The normalized spacial score (nSPS) is 16.0. The SMILES string of the molecule is O=C(CC1Sc2ccc(Cl)cc2NC1=O)Nc1cccc(COc2ccc3c(c2)OCO3)c1. The van der Waals surface area contributed by atoms with Gasteiger partial charge >= 0.3 is 0 Å². The van der Waals surface area contributed by atoms with Crippen LogP contribution >= 0.6 is 23.4 Å². The molecule has 1 atom stereocenters. The number of halogens is 1. The predicted octanol–water partition coefficient (Wildman–Crippen LogP) is 5.09. The number of thioether (sulfide) groups is 1. The van der Waals surface area contributed by atoms with Crippen LogP contribution in [0.3, 0.4) is 0 Å². The highest BCUT2D eigenvalue weighted by molar-refractivity contribution is 8.01. The molecular weight excluding hydrogens is 464 g/mol. The molecule has 2 heterocycles. The van der Waals surface area contributed by atoms with E-state index < -0.39 is 5.25 Å². The van der Waals surface area contributed by atoms with Crippen LogP contribution in [0.15, 0.2) is 65.6 Å². The van der Waals surface area contributed by atoms with Crippen molar-refractivity contribution < 1.29 is 23.8 Å². The van der Waals surface area contributed by atoms with Crippen molar-refractivity contribution in [3.63, 3.8) is 0 Å². The lowest BCUT2D eigenvalue weighted by molar-refractivity contribution is -0.120. The molecule has 0 radical (unpaired) electrons. The second-order valence-corrected chi connectivity index (χ2v) is 9.17. The first kappa shape index (κ1) is 21.5. The van der Waals surface area contributed by atoms with Gasteiger partial charge in [-0.3, -0.25) is 9.59 Å². The summed E-state index contributed by atoms with van der Waals surface area (Å²) in [6, 6.07) is 18.1. The minimum Gasteiger partial charge on any atom is -0.489 e. The van der Waals surface area contributed by atoms with Gasteiger partial charge in [-0.25, -0.2) is 0 Å². The van der Waals surface area contributed by atoms with Gasteiger partial charge in [0, 0.05) is 28.1 Å². The van der Waals surface area contributed by atoms with Gasteiger partial charge in [0.2, 0.25) is 18.6 Å². The molecule has 9 heteroatoms. The number of fused-ring (bicyclic) bond motifs is 2. The van der Waals surface area contributed by atoms with E-state index in [1.807, 2.05) is 30.3 Å². The van der Waals surface area contributed by atoms with Gasteiger partial charge < -0.3 is 24.8 Å².